The number of benzene rings is 1. The minimum absolute atomic E-state index is 0.0456. The molecule has 0 radical (unpaired) electrons. The highest BCUT2D eigenvalue weighted by atomic mass is 79.9. The number of aryl methyl sites for hydroxylation is 1. The quantitative estimate of drug-likeness (QED) is 0.940. The molecule has 92 valence electrons. The van der Waals surface area contributed by atoms with Crippen molar-refractivity contribution >= 4 is 21.9 Å². The van der Waals surface area contributed by atoms with Crippen LogP contribution in [0.4, 0.5) is 0 Å². The molecule has 1 aromatic carbocycles. The van der Waals surface area contributed by atoms with E-state index in [-0.39, 0.29) is 5.69 Å². The van der Waals surface area contributed by atoms with E-state index in [0.717, 1.165) is 10.0 Å². The maximum absolute atomic E-state index is 10.8. The Balaban J connectivity index is 2.28. The van der Waals surface area contributed by atoms with Gasteiger partial charge in [0.05, 0.1) is 4.47 Å². The van der Waals surface area contributed by atoms with E-state index in [0.29, 0.717) is 11.5 Å². The molecular formula is C13H10BrNO3. The first-order valence-corrected chi connectivity index (χ1v) is 5.99. The van der Waals surface area contributed by atoms with Crippen LogP contribution in [-0.4, -0.2) is 16.1 Å². The van der Waals surface area contributed by atoms with Crippen LogP contribution in [0.25, 0.3) is 0 Å². The van der Waals surface area contributed by atoms with Gasteiger partial charge in [-0.05, 0) is 46.6 Å². The predicted molar refractivity (Wildman–Crippen MR) is 70.1 cm³/mol. The molecule has 0 atom stereocenters. The number of rotatable bonds is 3. The van der Waals surface area contributed by atoms with E-state index in [1.54, 1.807) is 6.07 Å². The molecule has 2 rings (SSSR count). The van der Waals surface area contributed by atoms with E-state index in [2.05, 4.69) is 20.9 Å². The van der Waals surface area contributed by atoms with Gasteiger partial charge in [0.15, 0.2) is 5.69 Å². The van der Waals surface area contributed by atoms with Gasteiger partial charge in [-0.2, -0.15) is 0 Å². The Kier molecular flexibility index (Phi) is 3.62. The fourth-order valence-corrected chi connectivity index (χ4v) is 1.98. The van der Waals surface area contributed by atoms with E-state index in [4.69, 9.17) is 9.84 Å². The van der Waals surface area contributed by atoms with Crippen molar-refractivity contribution < 1.29 is 14.6 Å². The van der Waals surface area contributed by atoms with Crippen molar-refractivity contribution in [1.82, 2.24) is 4.98 Å². The van der Waals surface area contributed by atoms with E-state index >= 15 is 0 Å². The van der Waals surface area contributed by atoms with Gasteiger partial charge < -0.3 is 9.84 Å². The number of nitrogens with zero attached hydrogens (tertiary/aromatic N) is 1. The molecule has 0 aliphatic carbocycles. The maximum Gasteiger partial charge on any atom is 0.354 e. The van der Waals surface area contributed by atoms with Crippen molar-refractivity contribution in [2.45, 2.75) is 6.92 Å². The van der Waals surface area contributed by atoms with Gasteiger partial charge in [0.25, 0.3) is 0 Å². The van der Waals surface area contributed by atoms with Gasteiger partial charge in [0.1, 0.15) is 11.5 Å². The van der Waals surface area contributed by atoms with Crippen LogP contribution < -0.4 is 4.74 Å². The first-order chi connectivity index (χ1) is 8.56. The third-order valence-corrected chi connectivity index (χ3v) is 2.89. The summed E-state index contributed by atoms with van der Waals surface area (Å²) in [5.74, 6) is -0.0153. The van der Waals surface area contributed by atoms with Crippen LogP contribution in [0.15, 0.2) is 41.0 Å². The van der Waals surface area contributed by atoms with Gasteiger partial charge in [0, 0.05) is 12.3 Å². The topological polar surface area (TPSA) is 59.4 Å². The summed E-state index contributed by atoms with van der Waals surface area (Å²) >= 11 is 3.40. The number of carboxylic acids is 1. The molecule has 0 saturated carbocycles. The lowest BCUT2D eigenvalue weighted by atomic mass is 10.2. The normalized spacial score (nSPS) is 10.1. The number of pyridine rings is 1. The van der Waals surface area contributed by atoms with Crippen LogP contribution in [-0.2, 0) is 0 Å². The summed E-state index contributed by atoms with van der Waals surface area (Å²) in [6.45, 7) is 1.98. The van der Waals surface area contributed by atoms with Gasteiger partial charge >= 0.3 is 5.97 Å². The van der Waals surface area contributed by atoms with Crippen LogP contribution in [0, 0.1) is 6.92 Å². The summed E-state index contributed by atoms with van der Waals surface area (Å²) in [5, 5.41) is 8.84. The molecule has 1 aromatic heterocycles. The Morgan fingerprint density at radius 3 is 2.78 bits per heavy atom. The summed E-state index contributed by atoms with van der Waals surface area (Å²) in [5.41, 5.74) is 1.06. The number of halogens is 1. The van der Waals surface area contributed by atoms with Crippen LogP contribution in [0.2, 0.25) is 0 Å². The number of aromatic nitrogens is 1. The number of hydrogen-bond acceptors (Lipinski definition) is 3. The molecule has 0 fully saturated rings. The Morgan fingerprint density at radius 1 is 1.33 bits per heavy atom. The van der Waals surface area contributed by atoms with E-state index in [1.165, 1.54) is 12.3 Å². The zero-order valence-corrected chi connectivity index (χ0v) is 11.1. The molecule has 1 heterocycles. The SMILES string of the molecule is Cc1ccc(Oc2ccnc(C(=O)O)c2)c(Br)c1. The molecule has 0 aliphatic rings. The molecule has 4 nitrogen and oxygen atoms in total. The number of hydrogen-bond donors (Lipinski definition) is 1. The summed E-state index contributed by atoms with van der Waals surface area (Å²) in [7, 11) is 0. The molecule has 0 unspecified atom stereocenters. The predicted octanol–water partition coefficient (Wildman–Crippen LogP) is 3.64. The lowest BCUT2D eigenvalue weighted by molar-refractivity contribution is 0.0690. The number of ether oxygens (including phenoxy) is 1. The van der Waals surface area contributed by atoms with Crippen LogP contribution in [0.1, 0.15) is 16.1 Å². The second kappa shape index (κ2) is 5.18. The summed E-state index contributed by atoms with van der Waals surface area (Å²) in [6, 6.07) is 8.65. The number of carbonyl (C=O) groups is 1. The third-order valence-electron chi connectivity index (χ3n) is 2.27. The summed E-state index contributed by atoms with van der Waals surface area (Å²) < 4.78 is 6.42. The zero-order valence-electron chi connectivity index (χ0n) is 9.55. The summed E-state index contributed by atoms with van der Waals surface area (Å²) in [4.78, 5) is 14.5. The Bertz CT molecular complexity index is 599. The van der Waals surface area contributed by atoms with Crippen molar-refractivity contribution in [2.75, 3.05) is 0 Å². The fourth-order valence-electron chi connectivity index (χ4n) is 1.41. The van der Waals surface area contributed by atoms with Crippen LogP contribution in [0.5, 0.6) is 11.5 Å². The van der Waals surface area contributed by atoms with Gasteiger partial charge in [-0.15, -0.1) is 0 Å². The lowest BCUT2D eigenvalue weighted by Gasteiger charge is -2.08. The second-order valence-electron chi connectivity index (χ2n) is 3.72. The Labute approximate surface area is 112 Å². The zero-order chi connectivity index (χ0) is 13.1. The molecule has 18 heavy (non-hydrogen) atoms. The maximum atomic E-state index is 10.8. The average molecular weight is 308 g/mol. The standard InChI is InChI=1S/C13H10BrNO3/c1-8-2-3-12(10(14)6-8)18-9-4-5-15-11(7-9)13(16)17/h2-7H,1H3,(H,16,17). The van der Waals surface area contributed by atoms with E-state index in [9.17, 15) is 4.79 Å². The fraction of sp³-hybridized carbons (Fsp3) is 0.0769. The molecular weight excluding hydrogens is 298 g/mol. The molecule has 0 aliphatic heterocycles. The molecule has 1 N–H and O–H groups in total. The first-order valence-electron chi connectivity index (χ1n) is 5.19. The Morgan fingerprint density at radius 2 is 2.11 bits per heavy atom. The highest BCUT2D eigenvalue weighted by molar-refractivity contribution is 9.10. The van der Waals surface area contributed by atoms with Crippen molar-refractivity contribution in [3.05, 3.63) is 52.3 Å². The van der Waals surface area contributed by atoms with Crippen molar-refractivity contribution in [2.24, 2.45) is 0 Å². The van der Waals surface area contributed by atoms with Gasteiger partial charge in [-0.25, -0.2) is 9.78 Å². The smallest absolute Gasteiger partial charge is 0.354 e. The monoisotopic (exact) mass is 307 g/mol. The van der Waals surface area contributed by atoms with Gasteiger partial charge in [-0.1, -0.05) is 6.07 Å². The largest absolute Gasteiger partial charge is 0.477 e. The van der Waals surface area contributed by atoms with Gasteiger partial charge in [-0.3, -0.25) is 0 Å². The second-order valence-corrected chi connectivity index (χ2v) is 4.57. The summed E-state index contributed by atoms with van der Waals surface area (Å²) in [6.07, 6.45) is 1.40. The molecule has 0 saturated heterocycles. The van der Waals surface area contributed by atoms with Gasteiger partial charge in [0.2, 0.25) is 0 Å². The molecule has 5 heteroatoms. The van der Waals surface area contributed by atoms with Crippen LogP contribution in [0.3, 0.4) is 0 Å². The molecule has 0 bridgehead atoms. The first kappa shape index (κ1) is 12.6. The highest BCUT2D eigenvalue weighted by Crippen LogP contribution is 2.30. The minimum Gasteiger partial charge on any atom is -0.477 e. The molecule has 0 amide bonds. The minimum atomic E-state index is -1.08. The Hall–Kier alpha value is -1.88. The number of aromatic carboxylic acids is 1. The number of carboxylic acid groups (broad SMARTS) is 1. The lowest BCUT2D eigenvalue weighted by Crippen LogP contribution is -1.99. The average Bonchev–Trinajstić information content (AvgIpc) is 2.33. The van der Waals surface area contributed by atoms with Crippen molar-refractivity contribution in [1.29, 1.82) is 0 Å². The molecule has 0 spiro atoms. The highest BCUT2D eigenvalue weighted by Gasteiger charge is 2.07. The van der Waals surface area contributed by atoms with E-state index < -0.39 is 5.97 Å². The molecule has 2 aromatic rings. The van der Waals surface area contributed by atoms with Crippen molar-refractivity contribution in [3.63, 3.8) is 0 Å². The third kappa shape index (κ3) is 2.87. The van der Waals surface area contributed by atoms with Crippen LogP contribution >= 0.6 is 15.9 Å². The van der Waals surface area contributed by atoms with Crippen molar-refractivity contribution in [3.8, 4) is 11.5 Å². The van der Waals surface area contributed by atoms with E-state index in [1.807, 2.05) is 25.1 Å².